The zero-order chi connectivity index (χ0) is 8.27. The van der Waals surface area contributed by atoms with Crippen molar-refractivity contribution in [2.75, 3.05) is 0 Å². The predicted molar refractivity (Wildman–Crippen MR) is 37.9 cm³/mol. The van der Waals surface area contributed by atoms with Crippen molar-refractivity contribution in [2.45, 2.75) is 6.92 Å². The minimum Gasteiger partial charge on any atom is -0.478 e. The van der Waals surface area contributed by atoms with Gasteiger partial charge in [-0.3, -0.25) is 0 Å². The Balaban J connectivity index is 2.71. The second-order valence-corrected chi connectivity index (χ2v) is 2.03. The van der Waals surface area contributed by atoms with E-state index in [0.717, 1.165) is 6.08 Å². The van der Waals surface area contributed by atoms with Crippen LogP contribution in [0.5, 0.6) is 0 Å². The van der Waals surface area contributed by atoms with Crippen LogP contribution in [0.1, 0.15) is 11.5 Å². The number of nitrogens with zero attached hydrogens (tertiary/aromatic N) is 1. The zero-order valence-corrected chi connectivity index (χ0v) is 5.94. The molecule has 0 aromatic carbocycles. The fourth-order valence-electron chi connectivity index (χ4n) is 0.621. The second-order valence-electron chi connectivity index (χ2n) is 2.03. The fraction of sp³-hybridized carbons (Fsp3) is 0.143. The number of aromatic nitrogens is 1. The summed E-state index contributed by atoms with van der Waals surface area (Å²) in [7, 11) is 0. The summed E-state index contributed by atoms with van der Waals surface area (Å²) >= 11 is 0. The van der Waals surface area contributed by atoms with Crippen LogP contribution in [0.2, 0.25) is 0 Å². The number of rotatable bonds is 2. The van der Waals surface area contributed by atoms with Crippen molar-refractivity contribution in [1.82, 2.24) is 5.16 Å². The van der Waals surface area contributed by atoms with Crippen LogP contribution in [-0.4, -0.2) is 16.2 Å². The van der Waals surface area contributed by atoms with Crippen molar-refractivity contribution in [3.63, 3.8) is 0 Å². The molecule has 0 radical (unpaired) electrons. The molecule has 1 N–H and O–H groups in total. The summed E-state index contributed by atoms with van der Waals surface area (Å²) in [6.45, 7) is 1.74. The summed E-state index contributed by atoms with van der Waals surface area (Å²) in [4.78, 5) is 10.0. The number of aryl methyl sites for hydroxylation is 1. The lowest BCUT2D eigenvalue weighted by Gasteiger charge is -1.76. The van der Waals surface area contributed by atoms with Gasteiger partial charge >= 0.3 is 5.97 Å². The maximum absolute atomic E-state index is 10.0. The monoisotopic (exact) mass is 153 g/mol. The Morgan fingerprint density at radius 2 is 2.55 bits per heavy atom. The molecule has 0 aliphatic carbocycles. The molecule has 0 bridgehead atoms. The van der Waals surface area contributed by atoms with E-state index in [1.807, 2.05) is 0 Å². The molecule has 0 aliphatic rings. The van der Waals surface area contributed by atoms with Crippen LogP contribution in [0, 0.1) is 6.92 Å². The predicted octanol–water partition coefficient (Wildman–Crippen LogP) is 1.08. The Bertz CT molecular complexity index is 288. The molecule has 0 spiro atoms. The summed E-state index contributed by atoms with van der Waals surface area (Å²) in [6.07, 6.45) is 2.39. The molecule has 0 unspecified atom stereocenters. The van der Waals surface area contributed by atoms with E-state index in [4.69, 9.17) is 9.63 Å². The van der Waals surface area contributed by atoms with Crippen LogP contribution < -0.4 is 0 Å². The van der Waals surface area contributed by atoms with E-state index in [1.165, 1.54) is 6.08 Å². The van der Waals surface area contributed by atoms with E-state index in [2.05, 4.69) is 5.16 Å². The van der Waals surface area contributed by atoms with Crippen molar-refractivity contribution >= 4 is 12.0 Å². The van der Waals surface area contributed by atoms with Crippen LogP contribution >= 0.6 is 0 Å². The lowest BCUT2D eigenvalue weighted by molar-refractivity contribution is -0.131. The van der Waals surface area contributed by atoms with Crippen molar-refractivity contribution in [1.29, 1.82) is 0 Å². The first-order valence-corrected chi connectivity index (χ1v) is 3.03. The number of carboxylic acids is 1. The van der Waals surface area contributed by atoms with Crippen LogP contribution in [0.15, 0.2) is 16.7 Å². The largest absolute Gasteiger partial charge is 0.478 e. The average Bonchev–Trinajstić information content (AvgIpc) is 2.31. The first-order chi connectivity index (χ1) is 5.18. The van der Waals surface area contributed by atoms with Gasteiger partial charge in [0.15, 0.2) is 0 Å². The molecule has 0 saturated heterocycles. The van der Waals surface area contributed by atoms with Gasteiger partial charge in [-0.2, -0.15) is 0 Å². The van der Waals surface area contributed by atoms with Crippen LogP contribution in [0.4, 0.5) is 0 Å². The minimum absolute atomic E-state index is 0.518. The maximum atomic E-state index is 10.0. The molecule has 0 aliphatic heterocycles. The summed E-state index contributed by atoms with van der Waals surface area (Å²) in [5.41, 5.74) is 0.518. The Hall–Kier alpha value is -1.58. The third-order valence-electron chi connectivity index (χ3n) is 1.04. The Labute approximate surface area is 63.1 Å². The quantitative estimate of drug-likeness (QED) is 0.645. The molecular weight excluding hydrogens is 146 g/mol. The van der Waals surface area contributed by atoms with Gasteiger partial charge in [0.2, 0.25) is 0 Å². The van der Waals surface area contributed by atoms with Gasteiger partial charge in [-0.1, -0.05) is 5.16 Å². The zero-order valence-electron chi connectivity index (χ0n) is 5.94. The van der Waals surface area contributed by atoms with Gasteiger partial charge in [0.1, 0.15) is 11.5 Å². The molecule has 0 amide bonds. The molecule has 0 atom stereocenters. The molecule has 1 rings (SSSR count). The van der Waals surface area contributed by atoms with Crippen molar-refractivity contribution in [3.05, 3.63) is 23.6 Å². The highest BCUT2D eigenvalue weighted by Crippen LogP contribution is 2.02. The third kappa shape index (κ3) is 2.25. The van der Waals surface area contributed by atoms with Gasteiger partial charge in [-0.05, 0) is 13.0 Å². The molecule has 58 valence electrons. The van der Waals surface area contributed by atoms with Gasteiger partial charge in [0, 0.05) is 12.1 Å². The molecule has 4 heteroatoms. The molecule has 1 aromatic rings. The van der Waals surface area contributed by atoms with E-state index < -0.39 is 5.97 Å². The van der Waals surface area contributed by atoms with E-state index in [9.17, 15) is 4.79 Å². The first kappa shape index (κ1) is 7.53. The highest BCUT2D eigenvalue weighted by atomic mass is 16.5. The number of aliphatic carboxylic acids is 1. The molecule has 0 saturated carbocycles. The highest BCUT2D eigenvalue weighted by molar-refractivity contribution is 5.84. The molecule has 11 heavy (non-hydrogen) atoms. The Morgan fingerprint density at radius 3 is 3.00 bits per heavy atom. The fourth-order valence-corrected chi connectivity index (χ4v) is 0.621. The normalized spacial score (nSPS) is 10.6. The molecule has 0 fully saturated rings. The SMILES string of the molecule is Cc1cc(/C=C\C(=O)O)no1. The number of hydrogen-bond acceptors (Lipinski definition) is 3. The summed E-state index contributed by atoms with van der Waals surface area (Å²) in [5.74, 6) is -0.333. The molecular formula is C7H7NO3. The van der Waals surface area contributed by atoms with Crippen molar-refractivity contribution < 1.29 is 14.4 Å². The van der Waals surface area contributed by atoms with Crippen LogP contribution in [-0.2, 0) is 4.79 Å². The number of hydrogen-bond donors (Lipinski definition) is 1. The second kappa shape index (κ2) is 3.01. The lowest BCUT2D eigenvalue weighted by atomic mass is 10.3. The molecule has 1 aromatic heterocycles. The first-order valence-electron chi connectivity index (χ1n) is 3.03. The van der Waals surface area contributed by atoms with E-state index in [-0.39, 0.29) is 0 Å². The van der Waals surface area contributed by atoms with Crippen LogP contribution in [0.3, 0.4) is 0 Å². The van der Waals surface area contributed by atoms with E-state index >= 15 is 0 Å². The standard InChI is InChI=1S/C7H7NO3/c1-5-4-6(8-11-5)2-3-7(9)10/h2-4H,1H3,(H,9,10)/b3-2-. The average molecular weight is 153 g/mol. The van der Waals surface area contributed by atoms with E-state index in [1.54, 1.807) is 13.0 Å². The topological polar surface area (TPSA) is 63.3 Å². The maximum Gasteiger partial charge on any atom is 0.328 e. The lowest BCUT2D eigenvalue weighted by Crippen LogP contribution is -1.85. The van der Waals surface area contributed by atoms with Crippen molar-refractivity contribution in [2.24, 2.45) is 0 Å². The van der Waals surface area contributed by atoms with Gasteiger partial charge in [0.05, 0.1) is 0 Å². The number of carbonyl (C=O) groups is 1. The van der Waals surface area contributed by atoms with Gasteiger partial charge in [0.25, 0.3) is 0 Å². The third-order valence-corrected chi connectivity index (χ3v) is 1.04. The van der Waals surface area contributed by atoms with Gasteiger partial charge in [-0.15, -0.1) is 0 Å². The number of carboxylic acid groups (broad SMARTS) is 1. The molecule has 4 nitrogen and oxygen atoms in total. The molecule has 1 heterocycles. The highest BCUT2D eigenvalue weighted by Gasteiger charge is 1.94. The minimum atomic E-state index is -0.995. The van der Waals surface area contributed by atoms with E-state index in [0.29, 0.717) is 11.5 Å². The summed E-state index contributed by atoms with van der Waals surface area (Å²) in [6, 6.07) is 1.65. The summed E-state index contributed by atoms with van der Waals surface area (Å²) < 4.78 is 4.70. The van der Waals surface area contributed by atoms with Crippen LogP contribution in [0.25, 0.3) is 6.08 Å². The van der Waals surface area contributed by atoms with Crippen molar-refractivity contribution in [3.8, 4) is 0 Å². The Morgan fingerprint density at radius 1 is 1.82 bits per heavy atom. The Kier molecular flexibility index (Phi) is 2.06. The summed E-state index contributed by atoms with van der Waals surface area (Å²) in [5, 5.41) is 11.8. The smallest absolute Gasteiger partial charge is 0.328 e. The van der Waals surface area contributed by atoms with Gasteiger partial charge < -0.3 is 9.63 Å². The van der Waals surface area contributed by atoms with Gasteiger partial charge in [-0.25, -0.2) is 4.79 Å².